The predicted octanol–water partition coefficient (Wildman–Crippen LogP) is -0.259. The van der Waals surface area contributed by atoms with Gasteiger partial charge in [-0.25, -0.2) is 0 Å². The Balaban J connectivity index is 2.24. The maximum absolute atomic E-state index is 11.2. The summed E-state index contributed by atoms with van der Waals surface area (Å²) in [5.41, 5.74) is 0. The number of carboxylic acid groups (broad SMARTS) is 1. The average molecular weight is 212 g/mol. The first-order chi connectivity index (χ1) is 7.15. The summed E-state index contributed by atoms with van der Waals surface area (Å²) in [6, 6.07) is -0.584. The van der Waals surface area contributed by atoms with Crippen LogP contribution in [0, 0.1) is 5.92 Å². The van der Waals surface area contributed by atoms with Crippen LogP contribution in [0.1, 0.15) is 12.8 Å². The summed E-state index contributed by atoms with van der Waals surface area (Å²) in [7, 11) is 0. The smallest absolute Gasteiger partial charge is 0.320 e. The Hall–Kier alpha value is -1.36. The number of carbonyl (C=O) groups is 2. The topological polar surface area (TPSA) is 78.4 Å². The zero-order chi connectivity index (χ0) is 11.3. The van der Waals surface area contributed by atoms with Crippen LogP contribution in [0.25, 0.3) is 0 Å². The third kappa shape index (κ3) is 4.12. The van der Waals surface area contributed by atoms with Crippen LogP contribution in [0.2, 0.25) is 0 Å². The molecule has 15 heavy (non-hydrogen) atoms. The van der Waals surface area contributed by atoms with E-state index in [0.717, 1.165) is 12.8 Å². The molecule has 1 rings (SSSR count). The lowest BCUT2D eigenvalue weighted by atomic mass is 10.2. The molecule has 0 aromatic rings. The number of amides is 1. The highest BCUT2D eigenvalue weighted by molar-refractivity contribution is 5.80. The fourth-order valence-electron chi connectivity index (χ4n) is 1.34. The van der Waals surface area contributed by atoms with E-state index in [2.05, 4.69) is 17.2 Å². The van der Waals surface area contributed by atoms with E-state index in [4.69, 9.17) is 5.11 Å². The molecule has 1 saturated carbocycles. The van der Waals surface area contributed by atoms with E-state index in [1.165, 1.54) is 0 Å². The molecular weight excluding hydrogens is 196 g/mol. The van der Waals surface area contributed by atoms with Crippen molar-refractivity contribution < 1.29 is 14.7 Å². The fourth-order valence-corrected chi connectivity index (χ4v) is 1.34. The van der Waals surface area contributed by atoms with Crippen molar-refractivity contribution in [3.05, 3.63) is 12.7 Å². The van der Waals surface area contributed by atoms with Crippen LogP contribution in [0.3, 0.4) is 0 Å². The SMILES string of the molecule is C=CCNC(=O)CNC(C(=O)O)C1CC1. The monoisotopic (exact) mass is 212 g/mol. The lowest BCUT2D eigenvalue weighted by Gasteiger charge is -2.12. The minimum Gasteiger partial charge on any atom is -0.480 e. The molecule has 1 unspecified atom stereocenters. The molecule has 84 valence electrons. The van der Waals surface area contributed by atoms with E-state index in [0.29, 0.717) is 6.54 Å². The van der Waals surface area contributed by atoms with Gasteiger partial charge in [0.15, 0.2) is 0 Å². The maximum Gasteiger partial charge on any atom is 0.320 e. The van der Waals surface area contributed by atoms with Gasteiger partial charge in [-0.05, 0) is 18.8 Å². The summed E-state index contributed by atoms with van der Waals surface area (Å²) in [4.78, 5) is 22.0. The number of rotatable bonds is 7. The van der Waals surface area contributed by atoms with E-state index in [9.17, 15) is 9.59 Å². The normalized spacial score (nSPS) is 16.8. The molecule has 1 atom stereocenters. The third-order valence-corrected chi connectivity index (χ3v) is 2.29. The molecule has 0 bridgehead atoms. The minimum absolute atomic E-state index is 0.0430. The Morgan fingerprint density at radius 1 is 1.53 bits per heavy atom. The molecule has 0 radical (unpaired) electrons. The summed E-state index contributed by atoms with van der Waals surface area (Å²) in [6.07, 6.45) is 3.43. The van der Waals surface area contributed by atoms with Gasteiger partial charge in [0.1, 0.15) is 6.04 Å². The van der Waals surface area contributed by atoms with Gasteiger partial charge in [-0.3, -0.25) is 14.9 Å². The third-order valence-electron chi connectivity index (χ3n) is 2.29. The van der Waals surface area contributed by atoms with Crippen molar-refractivity contribution in [2.45, 2.75) is 18.9 Å². The lowest BCUT2D eigenvalue weighted by molar-refractivity contribution is -0.140. The van der Waals surface area contributed by atoms with Gasteiger partial charge in [0.2, 0.25) is 5.91 Å². The molecule has 1 amide bonds. The quantitative estimate of drug-likeness (QED) is 0.508. The zero-order valence-corrected chi connectivity index (χ0v) is 8.53. The van der Waals surface area contributed by atoms with E-state index in [1.807, 2.05) is 0 Å². The highest BCUT2D eigenvalue weighted by Gasteiger charge is 2.35. The van der Waals surface area contributed by atoms with E-state index in [-0.39, 0.29) is 18.4 Å². The number of carboxylic acids is 1. The highest BCUT2D eigenvalue weighted by atomic mass is 16.4. The second-order valence-corrected chi connectivity index (χ2v) is 3.63. The number of aliphatic carboxylic acids is 1. The van der Waals surface area contributed by atoms with Crippen molar-refractivity contribution in [1.82, 2.24) is 10.6 Å². The Morgan fingerprint density at radius 3 is 2.67 bits per heavy atom. The Labute approximate surface area is 88.5 Å². The van der Waals surface area contributed by atoms with Crippen LogP contribution in [0.15, 0.2) is 12.7 Å². The lowest BCUT2D eigenvalue weighted by Crippen LogP contribution is -2.44. The van der Waals surface area contributed by atoms with Crippen molar-refractivity contribution >= 4 is 11.9 Å². The first kappa shape index (κ1) is 11.7. The first-order valence-electron chi connectivity index (χ1n) is 4.99. The van der Waals surface area contributed by atoms with Crippen molar-refractivity contribution in [2.24, 2.45) is 5.92 Å². The Bertz CT molecular complexity index is 261. The summed E-state index contributed by atoms with van der Waals surface area (Å²) in [6.45, 7) is 3.91. The highest BCUT2D eigenvalue weighted by Crippen LogP contribution is 2.32. The molecule has 0 aromatic heterocycles. The molecule has 1 aliphatic rings. The van der Waals surface area contributed by atoms with Gasteiger partial charge >= 0.3 is 5.97 Å². The largest absolute Gasteiger partial charge is 0.480 e. The van der Waals surface area contributed by atoms with Crippen molar-refractivity contribution in [1.29, 1.82) is 0 Å². The fraction of sp³-hybridized carbons (Fsp3) is 0.600. The van der Waals surface area contributed by atoms with Gasteiger partial charge in [-0.2, -0.15) is 0 Å². The minimum atomic E-state index is -0.881. The summed E-state index contributed by atoms with van der Waals surface area (Å²) in [5.74, 6) is -0.898. The molecule has 1 fully saturated rings. The average Bonchev–Trinajstić information content (AvgIpc) is 2.98. The van der Waals surface area contributed by atoms with Gasteiger partial charge in [0.25, 0.3) is 0 Å². The Morgan fingerprint density at radius 2 is 2.20 bits per heavy atom. The second-order valence-electron chi connectivity index (χ2n) is 3.63. The van der Waals surface area contributed by atoms with Crippen LogP contribution >= 0.6 is 0 Å². The van der Waals surface area contributed by atoms with E-state index in [1.54, 1.807) is 6.08 Å². The summed E-state index contributed by atoms with van der Waals surface area (Å²) in [5, 5.41) is 14.2. The molecule has 0 saturated heterocycles. The van der Waals surface area contributed by atoms with Crippen molar-refractivity contribution in [3.8, 4) is 0 Å². The molecule has 0 aromatic carbocycles. The van der Waals surface area contributed by atoms with Crippen LogP contribution in [-0.4, -0.2) is 36.1 Å². The van der Waals surface area contributed by atoms with Crippen LogP contribution in [-0.2, 0) is 9.59 Å². The Kier molecular flexibility index (Phi) is 4.30. The van der Waals surface area contributed by atoms with Crippen LogP contribution < -0.4 is 10.6 Å². The number of nitrogens with one attached hydrogen (secondary N) is 2. The molecule has 0 spiro atoms. The molecular formula is C10H16N2O3. The van der Waals surface area contributed by atoms with Gasteiger partial charge in [0, 0.05) is 6.54 Å². The van der Waals surface area contributed by atoms with Gasteiger partial charge < -0.3 is 10.4 Å². The van der Waals surface area contributed by atoms with Crippen molar-refractivity contribution in [3.63, 3.8) is 0 Å². The molecule has 1 aliphatic carbocycles. The molecule has 5 heteroatoms. The first-order valence-corrected chi connectivity index (χ1v) is 4.99. The van der Waals surface area contributed by atoms with Crippen molar-refractivity contribution in [2.75, 3.05) is 13.1 Å². The molecule has 0 heterocycles. The maximum atomic E-state index is 11.2. The molecule has 3 N–H and O–H groups in total. The number of hydrogen-bond donors (Lipinski definition) is 3. The van der Waals surface area contributed by atoms with Gasteiger partial charge in [-0.1, -0.05) is 6.08 Å². The molecule has 5 nitrogen and oxygen atoms in total. The second kappa shape index (κ2) is 5.50. The van der Waals surface area contributed by atoms with Crippen LogP contribution in [0.4, 0.5) is 0 Å². The molecule has 0 aliphatic heterocycles. The number of carbonyl (C=O) groups excluding carboxylic acids is 1. The van der Waals surface area contributed by atoms with E-state index >= 15 is 0 Å². The zero-order valence-electron chi connectivity index (χ0n) is 8.53. The predicted molar refractivity (Wildman–Crippen MR) is 55.4 cm³/mol. The summed E-state index contributed by atoms with van der Waals surface area (Å²) >= 11 is 0. The standard InChI is InChI=1S/C10H16N2O3/c1-2-5-11-8(13)6-12-9(10(14)15)7-3-4-7/h2,7,9,12H,1,3-6H2,(H,11,13)(H,14,15). The van der Waals surface area contributed by atoms with Crippen LogP contribution in [0.5, 0.6) is 0 Å². The van der Waals surface area contributed by atoms with E-state index < -0.39 is 12.0 Å². The van der Waals surface area contributed by atoms with Gasteiger partial charge in [-0.15, -0.1) is 6.58 Å². The number of hydrogen-bond acceptors (Lipinski definition) is 3. The summed E-state index contributed by atoms with van der Waals surface area (Å²) < 4.78 is 0. The van der Waals surface area contributed by atoms with Gasteiger partial charge in [0.05, 0.1) is 6.54 Å².